The molecule has 1 rings (SSSR count). The lowest BCUT2D eigenvalue weighted by molar-refractivity contribution is -0.138. The van der Waals surface area contributed by atoms with Crippen LogP contribution in [0.5, 0.6) is 0 Å². The van der Waals surface area contributed by atoms with Crippen LogP contribution >= 0.6 is 15.9 Å². The molecule has 0 unspecified atom stereocenters. The van der Waals surface area contributed by atoms with Gasteiger partial charge in [-0.3, -0.25) is 0 Å². The summed E-state index contributed by atoms with van der Waals surface area (Å²) in [6.45, 7) is 0.0672. The average molecular weight is 346 g/mol. The van der Waals surface area contributed by atoms with E-state index in [1.54, 1.807) is 0 Å². The fourth-order valence-electron chi connectivity index (χ4n) is 1.23. The van der Waals surface area contributed by atoms with Gasteiger partial charge in [0, 0.05) is 23.0 Å². The molecule has 0 fully saturated rings. The van der Waals surface area contributed by atoms with E-state index in [2.05, 4.69) is 21.2 Å². The van der Waals surface area contributed by atoms with Gasteiger partial charge in [-0.2, -0.15) is 13.2 Å². The largest absolute Gasteiger partial charge is 0.417 e. The monoisotopic (exact) mass is 345 g/mol. The molecule has 1 aromatic rings. The fourth-order valence-corrected chi connectivity index (χ4v) is 2.18. The van der Waals surface area contributed by atoms with Crippen LogP contribution in [0.1, 0.15) is 5.56 Å². The van der Waals surface area contributed by atoms with E-state index in [1.165, 1.54) is 12.1 Å². The number of sulfone groups is 1. The van der Waals surface area contributed by atoms with Crippen LogP contribution in [0.4, 0.5) is 18.9 Å². The molecular weight excluding hydrogens is 335 g/mol. The summed E-state index contributed by atoms with van der Waals surface area (Å²) in [5.74, 6) is -0.135. The maximum atomic E-state index is 12.6. The molecule has 102 valence electrons. The Morgan fingerprint density at radius 1 is 1.33 bits per heavy atom. The van der Waals surface area contributed by atoms with Crippen LogP contribution in [0.15, 0.2) is 22.7 Å². The van der Waals surface area contributed by atoms with Crippen LogP contribution in [0.2, 0.25) is 0 Å². The molecule has 0 atom stereocenters. The number of hydrogen-bond acceptors (Lipinski definition) is 3. The molecule has 3 nitrogen and oxygen atoms in total. The van der Waals surface area contributed by atoms with Crippen LogP contribution in [-0.2, 0) is 16.0 Å². The highest BCUT2D eigenvalue weighted by atomic mass is 79.9. The summed E-state index contributed by atoms with van der Waals surface area (Å²) in [6, 6.07) is 3.65. The average Bonchev–Trinajstić information content (AvgIpc) is 2.17. The molecule has 1 N–H and O–H groups in total. The second-order valence-electron chi connectivity index (χ2n) is 3.75. The number of anilines is 1. The second-order valence-corrected chi connectivity index (χ2v) is 6.86. The summed E-state index contributed by atoms with van der Waals surface area (Å²) < 4.78 is 59.5. The Hall–Kier alpha value is -0.760. The summed E-state index contributed by atoms with van der Waals surface area (Å²) in [6.07, 6.45) is -3.38. The highest BCUT2D eigenvalue weighted by Crippen LogP contribution is 2.36. The Labute approximate surface area is 111 Å². The lowest BCUT2D eigenvalue weighted by Gasteiger charge is -2.12. The van der Waals surface area contributed by atoms with E-state index in [1.807, 2.05) is 0 Å². The highest BCUT2D eigenvalue weighted by Gasteiger charge is 2.33. The van der Waals surface area contributed by atoms with E-state index in [-0.39, 0.29) is 22.5 Å². The molecule has 0 saturated carbocycles. The minimum Gasteiger partial charge on any atom is -0.384 e. The Morgan fingerprint density at radius 3 is 2.44 bits per heavy atom. The van der Waals surface area contributed by atoms with Gasteiger partial charge in [-0.15, -0.1) is 0 Å². The van der Waals surface area contributed by atoms with E-state index >= 15 is 0 Å². The maximum absolute atomic E-state index is 12.6. The first kappa shape index (κ1) is 15.3. The van der Waals surface area contributed by atoms with Crippen molar-refractivity contribution in [3.05, 3.63) is 28.2 Å². The van der Waals surface area contributed by atoms with E-state index in [0.29, 0.717) is 0 Å². The number of nitrogens with one attached hydrogen (secondary N) is 1. The van der Waals surface area contributed by atoms with Gasteiger partial charge in [0.05, 0.1) is 11.3 Å². The molecule has 1 aromatic carbocycles. The van der Waals surface area contributed by atoms with Crippen LogP contribution in [-0.4, -0.2) is 27.0 Å². The lowest BCUT2D eigenvalue weighted by Crippen LogP contribution is -2.14. The van der Waals surface area contributed by atoms with Crippen molar-refractivity contribution in [1.82, 2.24) is 0 Å². The Morgan fingerprint density at radius 2 is 1.94 bits per heavy atom. The van der Waals surface area contributed by atoms with Gasteiger partial charge in [0.25, 0.3) is 0 Å². The zero-order valence-corrected chi connectivity index (χ0v) is 11.8. The predicted molar refractivity (Wildman–Crippen MR) is 67.3 cm³/mol. The van der Waals surface area contributed by atoms with Gasteiger partial charge in [-0.1, -0.05) is 15.9 Å². The third-order valence-electron chi connectivity index (χ3n) is 2.07. The Kier molecular flexibility index (Phi) is 4.66. The summed E-state index contributed by atoms with van der Waals surface area (Å²) in [5, 5.41) is 2.64. The summed E-state index contributed by atoms with van der Waals surface area (Å²) in [7, 11) is -3.13. The van der Waals surface area contributed by atoms with E-state index in [0.717, 1.165) is 12.3 Å². The Balaban J connectivity index is 2.80. The summed E-state index contributed by atoms with van der Waals surface area (Å²) in [4.78, 5) is 0. The molecular formula is C10H11BrF3NO2S. The van der Waals surface area contributed by atoms with Crippen molar-refractivity contribution in [2.24, 2.45) is 0 Å². The molecule has 0 aliphatic rings. The number of halogens is 4. The molecule has 8 heteroatoms. The van der Waals surface area contributed by atoms with Crippen molar-refractivity contribution >= 4 is 31.5 Å². The molecule has 0 heterocycles. The van der Waals surface area contributed by atoms with Gasteiger partial charge in [-0.05, 0) is 18.2 Å². The first-order valence-corrected chi connectivity index (χ1v) is 7.73. The normalized spacial score (nSPS) is 12.5. The van der Waals surface area contributed by atoms with Gasteiger partial charge in [-0.25, -0.2) is 8.42 Å². The van der Waals surface area contributed by atoms with Crippen LogP contribution in [0.25, 0.3) is 0 Å². The molecule has 0 spiro atoms. The maximum Gasteiger partial charge on any atom is 0.417 e. The quantitative estimate of drug-likeness (QED) is 0.912. The van der Waals surface area contributed by atoms with E-state index in [9.17, 15) is 21.6 Å². The topological polar surface area (TPSA) is 46.2 Å². The zero-order valence-electron chi connectivity index (χ0n) is 9.38. The third-order valence-corrected chi connectivity index (χ3v) is 3.71. The van der Waals surface area contributed by atoms with Crippen LogP contribution in [0.3, 0.4) is 0 Å². The van der Waals surface area contributed by atoms with Crippen molar-refractivity contribution in [3.63, 3.8) is 0 Å². The zero-order chi connectivity index (χ0) is 14.0. The van der Waals surface area contributed by atoms with Gasteiger partial charge in [0.15, 0.2) is 0 Å². The highest BCUT2D eigenvalue weighted by molar-refractivity contribution is 9.10. The van der Waals surface area contributed by atoms with Crippen molar-refractivity contribution in [1.29, 1.82) is 0 Å². The number of hydrogen-bond donors (Lipinski definition) is 1. The molecule has 0 aliphatic carbocycles. The minimum absolute atomic E-state index is 0.0522. The molecule has 0 aliphatic heterocycles. The van der Waals surface area contributed by atoms with Gasteiger partial charge >= 0.3 is 6.18 Å². The minimum atomic E-state index is -4.45. The summed E-state index contributed by atoms with van der Waals surface area (Å²) >= 11 is 2.82. The van der Waals surface area contributed by atoms with E-state index < -0.39 is 21.6 Å². The van der Waals surface area contributed by atoms with Crippen LogP contribution < -0.4 is 5.32 Å². The molecule has 0 radical (unpaired) electrons. The predicted octanol–water partition coefficient (Wildman–Crippen LogP) is 2.92. The molecule has 0 amide bonds. The fraction of sp³-hybridized carbons (Fsp3) is 0.400. The second kappa shape index (κ2) is 5.48. The smallest absolute Gasteiger partial charge is 0.384 e. The van der Waals surface area contributed by atoms with Gasteiger partial charge < -0.3 is 5.32 Å². The third kappa shape index (κ3) is 4.85. The molecule has 18 heavy (non-hydrogen) atoms. The van der Waals surface area contributed by atoms with E-state index in [4.69, 9.17) is 0 Å². The molecule has 0 aromatic heterocycles. The summed E-state index contributed by atoms with van der Waals surface area (Å²) in [5.41, 5.74) is -0.568. The van der Waals surface area contributed by atoms with Crippen LogP contribution in [0, 0.1) is 0 Å². The first-order chi connectivity index (χ1) is 8.09. The standard InChI is InChI=1S/C10H11BrF3NO2S/c1-18(16,17)5-4-15-7-2-3-9(11)8(6-7)10(12,13)14/h2-3,6,15H,4-5H2,1H3. The number of alkyl halides is 3. The van der Waals surface area contributed by atoms with Crippen molar-refractivity contribution in [2.45, 2.75) is 6.18 Å². The van der Waals surface area contributed by atoms with Crippen molar-refractivity contribution in [2.75, 3.05) is 23.9 Å². The number of benzene rings is 1. The van der Waals surface area contributed by atoms with Gasteiger partial charge in [0.1, 0.15) is 9.84 Å². The van der Waals surface area contributed by atoms with Crippen molar-refractivity contribution < 1.29 is 21.6 Å². The molecule has 0 bridgehead atoms. The lowest BCUT2D eigenvalue weighted by atomic mass is 10.2. The first-order valence-electron chi connectivity index (χ1n) is 4.88. The Bertz CT molecular complexity index is 528. The van der Waals surface area contributed by atoms with Crippen molar-refractivity contribution in [3.8, 4) is 0 Å². The number of rotatable bonds is 4. The molecule has 0 saturated heterocycles. The van der Waals surface area contributed by atoms with Gasteiger partial charge in [0.2, 0.25) is 0 Å². The SMILES string of the molecule is CS(=O)(=O)CCNc1ccc(Br)c(C(F)(F)F)c1.